The lowest BCUT2D eigenvalue weighted by molar-refractivity contribution is 0.494. The van der Waals surface area contributed by atoms with Crippen LogP contribution in [0.15, 0.2) is 24.5 Å². The second kappa shape index (κ2) is 5.62. The molecule has 0 radical (unpaired) electrons. The highest BCUT2D eigenvalue weighted by Crippen LogP contribution is 2.44. The molecule has 0 amide bonds. The Kier molecular flexibility index (Phi) is 3.29. The Labute approximate surface area is 161 Å². The quantitative estimate of drug-likeness (QED) is 0.581. The number of rotatable bonds is 2. The summed E-state index contributed by atoms with van der Waals surface area (Å²) in [5.74, 6) is 2.29. The molecule has 6 rings (SSSR count). The standard InChI is InChI=1S/C20H22N6S/c1-11-3-13(6-16-9-25(2)23-18(11)16)19-24-26-10-17(22-20(26)27-19)12-4-14-7-21-8-15(14)5-12/h3,6,9-10,12,14-15,21H,4-5,7-8H2,1-2H3/t12?,14-,15+. The van der Waals surface area contributed by atoms with Gasteiger partial charge in [-0.15, -0.1) is 0 Å². The second-order valence-electron chi connectivity index (χ2n) is 8.18. The van der Waals surface area contributed by atoms with Crippen LogP contribution < -0.4 is 5.32 Å². The van der Waals surface area contributed by atoms with Crippen molar-refractivity contribution in [1.29, 1.82) is 0 Å². The van der Waals surface area contributed by atoms with Gasteiger partial charge in [0, 0.05) is 30.1 Å². The Bertz CT molecular complexity index is 1120. The van der Waals surface area contributed by atoms with Gasteiger partial charge < -0.3 is 5.32 Å². The van der Waals surface area contributed by atoms with Crippen molar-refractivity contribution in [3.05, 3.63) is 35.8 Å². The van der Waals surface area contributed by atoms with E-state index in [1.165, 1.54) is 37.2 Å². The van der Waals surface area contributed by atoms with Crippen molar-refractivity contribution < 1.29 is 0 Å². The average Bonchev–Trinajstić information content (AvgIpc) is 3.38. The minimum atomic E-state index is 0.605. The van der Waals surface area contributed by atoms with Gasteiger partial charge in [0.05, 0.1) is 17.4 Å². The molecule has 0 spiro atoms. The topological polar surface area (TPSA) is 60.0 Å². The third kappa shape index (κ3) is 2.45. The second-order valence-corrected chi connectivity index (χ2v) is 9.14. The molecule has 3 aromatic heterocycles. The summed E-state index contributed by atoms with van der Waals surface area (Å²) in [6.07, 6.45) is 6.76. The number of imidazole rings is 1. The van der Waals surface area contributed by atoms with E-state index in [1.807, 2.05) is 16.2 Å². The van der Waals surface area contributed by atoms with E-state index in [4.69, 9.17) is 10.1 Å². The lowest BCUT2D eigenvalue weighted by Gasteiger charge is -2.07. The van der Waals surface area contributed by atoms with E-state index in [2.05, 4.69) is 41.9 Å². The van der Waals surface area contributed by atoms with Crippen molar-refractivity contribution >= 4 is 27.2 Å². The summed E-state index contributed by atoms with van der Waals surface area (Å²) in [5, 5.41) is 15.1. The minimum Gasteiger partial charge on any atom is -0.316 e. The molecule has 1 unspecified atom stereocenters. The Morgan fingerprint density at radius 1 is 1.11 bits per heavy atom. The van der Waals surface area contributed by atoms with Gasteiger partial charge in [-0.05, 0) is 62.4 Å². The molecular weight excluding hydrogens is 356 g/mol. The fraction of sp³-hybridized carbons (Fsp3) is 0.450. The van der Waals surface area contributed by atoms with E-state index in [-0.39, 0.29) is 0 Å². The van der Waals surface area contributed by atoms with Crippen LogP contribution in [0.2, 0.25) is 0 Å². The summed E-state index contributed by atoms with van der Waals surface area (Å²) in [5.41, 5.74) is 4.62. The number of nitrogens with zero attached hydrogens (tertiary/aromatic N) is 5. The molecule has 1 aliphatic heterocycles. The number of aromatic nitrogens is 5. The van der Waals surface area contributed by atoms with Crippen LogP contribution in [0.3, 0.4) is 0 Å². The first kappa shape index (κ1) is 15.8. The minimum absolute atomic E-state index is 0.605. The molecule has 27 heavy (non-hydrogen) atoms. The Morgan fingerprint density at radius 3 is 2.70 bits per heavy atom. The molecule has 1 saturated heterocycles. The molecule has 2 fully saturated rings. The lowest BCUT2D eigenvalue weighted by atomic mass is 10.0. The summed E-state index contributed by atoms with van der Waals surface area (Å²) in [7, 11) is 1.96. The van der Waals surface area contributed by atoms with Gasteiger partial charge in [-0.2, -0.15) is 10.2 Å². The fourth-order valence-electron chi connectivity index (χ4n) is 4.99. The van der Waals surface area contributed by atoms with Gasteiger partial charge in [-0.25, -0.2) is 9.50 Å². The molecule has 7 heteroatoms. The molecule has 138 valence electrons. The van der Waals surface area contributed by atoms with Gasteiger partial charge in [0.2, 0.25) is 4.96 Å². The number of nitrogens with one attached hydrogen (secondary N) is 1. The maximum absolute atomic E-state index is 4.94. The van der Waals surface area contributed by atoms with Gasteiger partial charge in [0.1, 0.15) is 5.01 Å². The van der Waals surface area contributed by atoms with Gasteiger partial charge >= 0.3 is 0 Å². The zero-order chi connectivity index (χ0) is 18.1. The van der Waals surface area contributed by atoms with Crippen molar-refractivity contribution in [1.82, 2.24) is 29.7 Å². The predicted molar refractivity (Wildman–Crippen MR) is 107 cm³/mol. The highest BCUT2D eigenvalue weighted by atomic mass is 32.1. The number of hydrogen-bond donors (Lipinski definition) is 1. The maximum atomic E-state index is 4.94. The first-order valence-corrected chi connectivity index (χ1v) is 10.5. The van der Waals surface area contributed by atoms with Crippen molar-refractivity contribution in [2.75, 3.05) is 13.1 Å². The van der Waals surface area contributed by atoms with Crippen LogP contribution in [-0.2, 0) is 7.05 Å². The van der Waals surface area contributed by atoms with Gasteiger partial charge in [0.25, 0.3) is 0 Å². The van der Waals surface area contributed by atoms with E-state index in [9.17, 15) is 0 Å². The number of benzene rings is 1. The maximum Gasteiger partial charge on any atom is 0.212 e. The average molecular weight is 379 g/mol. The molecule has 6 nitrogen and oxygen atoms in total. The fourth-order valence-corrected chi connectivity index (χ4v) is 5.87. The molecule has 1 aromatic carbocycles. The summed E-state index contributed by atoms with van der Waals surface area (Å²) in [4.78, 5) is 5.94. The third-order valence-electron chi connectivity index (χ3n) is 6.29. The van der Waals surface area contributed by atoms with E-state index in [0.29, 0.717) is 5.92 Å². The van der Waals surface area contributed by atoms with Crippen LogP contribution in [0.5, 0.6) is 0 Å². The van der Waals surface area contributed by atoms with Gasteiger partial charge in [-0.1, -0.05) is 11.3 Å². The monoisotopic (exact) mass is 378 g/mol. The molecular formula is C20H22N6S. The normalized spacial score (nSPS) is 25.0. The number of hydrogen-bond acceptors (Lipinski definition) is 5. The summed E-state index contributed by atoms with van der Waals surface area (Å²) < 4.78 is 3.85. The molecule has 4 aromatic rings. The van der Waals surface area contributed by atoms with Crippen LogP contribution in [0.1, 0.15) is 30.0 Å². The molecule has 1 aliphatic carbocycles. The molecule has 3 atom stereocenters. The van der Waals surface area contributed by atoms with Crippen molar-refractivity contribution in [3.63, 3.8) is 0 Å². The molecule has 1 N–H and O–H groups in total. The molecule has 2 aliphatic rings. The SMILES string of the molecule is Cc1cc(-c2nn3cc(C4C[C@H]5CNC[C@H]5C4)nc3s2)cc2cn(C)nc12. The summed E-state index contributed by atoms with van der Waals surface area (Å²) in [6, 6.07) is 4.36. The van der Waals surface area contributed by atoms with Crippen LogP contribution in [0.4, 0.5) is 0 Å². The zero-order valence-electron chi connectivity index (χ0n) is 15.5. The number of aryl methyl sites for hydroxylation is 2. The van der Waals surface area contributed by atoms with Gasteiger partial charge in [-0.3, -0.25) is 4.68 Å². The smallest absolute Gasteiger partial charge is 0.212 e. The predicted octanol–water partition coefficient (Wildman–Crippen LogP) is 3.37. The summed E-state index contributed by atoms with van der Waals surface area (Å²) >= 11 is 1.68. The van der Waals surface area contributed by atoms with Crippen molar-refractivity contribution in [3.8, 4) is 10.6 Å². The van der Waals surface area contributed by atoms with Crippen LogP contribution in [0.25, 0.3) is 26.4 Å². The molecule has 0 bridgehead atoms. The highest BCUT2D eigenvalue weighted by Gasteiger charge is 2.38. The first-order valence-electron chi connectivity index (χ1n) is 9.65. The Balaban J connectivity index is 1.34. The van der Waals surface area contributed by atoms with E-state index in [1.54, 1.807) is 11.3 Å². The highest BCUT2D eigenvalue weighted by molar-refractivity contribution is 7.19. The summed E-state index contributed by atoms with van der Waals surface area (Å²) in [6.45, 7) is 4.48. The van der Waals surface area contributed by atoms with E-state index < -0.39 is 0 Å². The van der Waals surface area contributed by atoms with Crippen LogP contribution in [0, 0.1) is 18.8 Å². The largest absolute Gasteiger partial charge is 0.316 e. The Morgan fingerprint density at radius 2 is 1.93 bits per heavy atom. The van der Waals surface area contributed by atoms with E-state index in [0.717, 1.165) is 38.3 Å². The van der Waals surface area contributed by atoms with Crippen LogP contribution in [-0.4, -0.2) is 37.5 Å². The zero-order valence-corrected chi connectivity index (χ0v) is 16.3. The first-order chi connectivity index (χ1) is 13.1. The lowest BCUT2D eigenvalue weighted by Crippen LogP contribution is -2.11. The van der Waals surface area contributed by atoms with Gasteiger partial charge in [0.15, 0.2) is 0 Å². The van der Waals surface area contributed by atoms with E-state index >= 15 is 0 Å². The van der Waals surface area contributed by atoms with Crippen molar-refractivity contribution in [2.24, 2.45) is 18.9 Å². The third-order valence-corrected chi connectivity index (χ3v) is 7.27. The Hall–Kier alpha value is -2.25. The number of fused-ring (bicyclic) bond motifs is 3. The molecule has 1 saturated carbocycles. The van der Waals surface area contributed by atoms with Crippen LogP contribution >= 0.6 is 11.3 Å². The van der Waals surface area contributed by atoms with Crippen molar-refractivity contribution in [2.45, 2.75) is 25.7 Å². The molecule has 4 heterocycles.